The van der Waals surface area contributed by atoms with Crippen LogP contribution < -0.4 is 10.6 Å². The Labute approximate surface area is 179 Å². The number of halogens is 3. The average Bonchev–Trinajstić information content (AvgIpc) is 3.16. The first-order chi connectivity index (χ1) is 15.0. The lowest BCUT2D eigenvalue weighted by Crippen LogP contribution is -2.42. The molecule has 2 N–H and O–H groups in total. The Bertz CT molecular complexity index is 1020. The van der Waals surface area contributed by atoms with Gasteiger partial charge in [0.2, 0.25) is 5.95 Å². The van der Waals surface area contributed by atoms with E-state index in [0.29, 0.717) is 12.5 Å². The molecule has 0 spiro atoms. The van der Waals surface area contributed by atoms with Crippen LogP contribution in [-0.2, 0) is 0 Å². The number of benzene rings is 2. The van der Waals surface area contributed by atoms with Crippen LogP contribution in [0.1, 0.15) is 18.4 Å². The molecule has 1 unspecified atom stereocenters. The van der Waals surface area contributed by atoms with Crippen molar-refractivity contribution in [3.8, 4) is 5.69 Å². The highest BCUT2D eigenvalue weighted by molar-refractivity contribution is 5.63. The lowest BCUT2D eigenvalue weighted by atomic mass is 10.0. The molecule has 1 fully saturated rings. The Morgan fingerprint density at radius 3 is 2.61 bits per heavy atom. The summed E-state index contributed by atoms with van der Waals surface area (Å²) in [5.41, 5.74) is 3.05. The van der Waals surface area contributed by atoms with Crippen LogP contribution in [0.2, 0.25) is 0 Å². The maximum atomic E-state index is 13.5. The van der Waals surface area contributed by atoms with Crippen molar-refractivity contribution in [2.45, 2.75) is 25.8 Å². The van der Waals surface area contributed by atoms with E-state index in [-0.39, 0.29) is 18.4 Å². The van der Waals surface area contributed by atoms with Crippen molar-refractivity contribution in [2.75, 3.05) is 36.9 Å². The van der Waals surface area contributed by atoms with Gasteiger partial charge in [0.1, 0.15) is 24.6 Å². The van der Waals surface area contributed by atoms with Gasteiger partial charge >= 0.3 is 0 Å². The maximum Gasteiger partial charge on any atom is 0.246 e. The van der Waals surface area contributed by atoms with E-state index in [2.05, 4.69) is 31.7 Å². The molecule has 0 saturated carbocycles. The molecule has 1 atom stereocenters. The van der Waals surface area contributed by atoms with Crippen LogP contribution in [0, 0.1) is 18.6 Å². The average molecular weight is 430 g/mol. The summed E-state index contributed by atoms with van der Waals surface area (Å²) in [5.74, 6) is -1.04. The Morgan fingerprint density at radius 2 is 1.84 bits per heavy atom. The van der Waals surface area contributed by atoms with Crippen LogP contribution in [0.5, 0.6) is 0 Å². The van der Waals surface area contributed by atoms with Crippen molar-refractivity contribution in [3.63, 3.8) is 0 Å². The highest BCUT2D eigenvalue weighted by atomic mass is 19.1. The van der Waals surface area contributed by atoms with Gasteiger partial charge in [-0.15, -0.1) is 5.10 Å². The largest absolute Gasteiger partial charge is 0.381 e. The molecule has 1 aliphatic rings. The molecule has 1 aliphatic heterocycles. The molecule has 164 valence electrons. The molecular weight excluding hydrogens is 405 g/mol. The molecular formula is C22H25F3N6. The van der Waals surface area contributed by atoms with Crippen LogP contribution >= 0.6 is 0 Å². The Kier molecular flexibility index (Phi) is 6.41. The van der Waals surface area contributed by atoms with Crippen molar-refractivity contribution in [2.24, 2.45) is 0 Å². The molecule has 0 radical (unpaired) electrons. The van der Waals surface area contributed by atoms with Crippen LogP contribution in [0.15, 0.2) is 42.7 Å². The molecule has 0 aliphatic carbocycles. The van der Waals surface area contributed by atoms with Gasteiger partial charge in [0.15, 0.2) is 0 Å². The van der Waals surface area contributed by atoms with E-state index >= 15 is 0 Å². The molecule has 2 aromatic carbocycles. The lowest BCUT2D eigenvalue weighted by Gasteiger charge is -2.33. The normalized spacial score (nSPS) is 17.0. The second-order valence-corrected chi connectivity index (χ2v) is 7.83. The Balaban J connectivity index is 1.46. The highest BCUT2D eigenvalue weighted by Crippen LogP contribution is 2.24. The van der Waals surface area contributed by atoms with Crippen molar-refractivity contribution in [3.05, 3.63) is 59.9 Å². The summed E-state index contributed by atoms with van der Waals surface area (Å²) in [6, 6.07) is 9.42. The van der Waals surface area contributed by atoms with E-state index in [1.807, 2.05) is 19.1 Å². The van der Waals surface area contributed by atoms with Gasteiger partial charge in [0.25, 0.3) is 0 Å². The van der Waals surface area contributed by atoms with E-state index in [0.717, 1.165) is 48.9 Å². The van der Waals surface area contributed by atoms with Crippen LogP contribution in [0.25, 0.3) is 5.69 Å². The van der Waals surface area contributed by atoms with E-state index in [1.165, 1.54) is 23.1 Å². The number of nitrogens with one attached hydrogen (secondary N) is 2. The molecule has 0 bridgehead atoms. The Morgan fingerprint density at radius 1 is 1.06 bits per heavy atom. The topological polar surface area (TPSA) is 58.0 Å². The van der Waals surface area contributed by atoms with Crippen molar-refractivity contribution in [1.29, 1.82) is 0 Å². The minimum atomic E-state index is -0.679. The molecule has 0 amide bonds. The number of likely N-dealkylation sites (tertiary alicyclic amines) is 1. The Hall–Kier alpha value is -3.07. The number of hydrogen-bond donors (Lipinski definition) is 2. The number of nitrogens with zero attached hydrogens (tertiary/aromatic N) is 4. The first-order valence-corrected chi connectivity index (χ1v) is 10.3. The quantitative estimate of drug-likeness (QED) is 0.580. The number of anilines is 3. The fourth-order valence-corrected chi connectivity index (χ4v) is 3.92. The van der Waals surface area contributed by atoms with E-state index in [9.17, 15) is 13.2 Å². The van der Waals surface area contributed by atoms with Crippen molar-refractivity contribution < 1.29 is 13.2 Å². The van der Waals surface area contributed by atoms with E-state index < -0.39 is 11.6 Å². The predicted molar refractivity (Wildman–Crippen MR) is 115 cm³/mol. The van der Waals surface area contributed by atoms with Gasteiger partial charge in [-0.2, -0.15) is 4.98 Å². The van der Waals surface area contributed by atoms with Crippen molar-refractivity contribution >= 4 is 17.3 Å². The third-order valence-electron chi connectivity index (χ3n) is 5.21. The zero-order valence-corrected chi connectivity index (χ0v) is 17.3. The first-order valence-electron chi connectivity index (χ1n) is 10.3. The predicted octanol–water partition coefficient (Wildman–Crippen LogP) is 4.44. The van der Waals surface area contributed by atoms with Crippen LogP contribution in [0.3, 0.4) is 0 Å². The SMILES string of the molecule is Cc1cc(Nc2ncn(-c3cc(F)cc(F)c3)n2)cc(NC2CCCN(CCF)C2)c1. The van der Waals surface area contributed by atoms with Gasteiger partial charge < -0.3 is 10.6 Å². The van der Waals surface area contributed by atoms with Crippen molar-refractivity contribution in [1.82, 2.24) is 19.7 Å². The lowest BCUT2D eigenvalue weighted by molar-refractivity contribution is 0.200. The van der Waals surface area contributed by atoms with Crippen LogP contribution in [-0.4, -0.2) is 52.0 Å². The molecule has 1 aromatic heterocycles. The minimum Gasteiger partial charge on any atom is -0.381 e. The van der Waals surface area contributed by atoms with E-state index in [1.54, 1.807) is 0 Å². The number of aromatic nitrogens is 3. The summed E-state index contributed by atoms with van der Waals surface area (Å²) in [6.07, 6.45) is 3.47. The fraction of sp³-hybridized carbons (Fsp3) is 0.364. The standard InChI is InChI=1S/C22H25F3N6/c1-15-7-19(27-18-3-2-5-30(13-18)6-4-23)12-20(8-15)28-22-26-14-31(29-22)21-10-16(24)9-17(25)11-21/h7-12,14,18,27H,2-6,13H2,1H3,(H,28,29). The van der Waals surface area contributed by atoms with Gasteiger partial charge in [-0.05, 0) is 62.2 Å². The maximum absolute atomic E-state index is 13.5. The highest BCUT2D eigenvalue weighted by Gasteiger charge is 2.19. The minimum absolute atomic E-state index is 0.250. The molecule has 6 nitrogen and oxygen atoms in total. The summed E-state index contributed by atoms with van der Waals surface area (Å²) in [5, 5.41) is 10.9. The summed E-state index contributed by atoms with van der Waals surface area (Å²) in [6.45, 7) is 3.90. The summed E-state index contributed by atoms with van der Waals surface area (Å²) >= 11 is 0. The molecule has 2 heterocycles. The van der Waals surface area contributed by atoms with Gasteiger partial charge in [0, 0.05) is 36.6 Å². The third-order valence-corrected chi connectivity index (χ3v) is 5.21. The summed E-state index contributed by atoms with van der Waals surface area (Å²) in [7, 11) is 0. The zero-order valence-electron chi connectivity index (χ0n) is 17.3. The third kappa shape index (κ3) is 5.55. The molecule has 1 saturated heterocycles. The van der Waals surface area contributed by atoms with Gasteiger partial charge in [-0.1, -0.05) is 0 Å². The fourth-order valence-electron chi connectivity index (χ4n) is 3.92. The smallest absolute Gasteiger partial charge is 0.246 e. The number of alkyl halides is 1. The molecule has 31 heavy (non-hydrogen) atoms. The summed E-state index contributed by atoms with van der Waals surface area (Å²) < 4.78 is 40.9. The molecule has 4 rings (SSSR count). The molecule has 9 heteroatoms. The molecule has 3 aromatic rings. The first kappa shape index (κ1) is 21.2. The number of aryl methyl sites for hydroxylation is 1. The van der Waals surface area contributed by atoms with Gasteiger partial charge in [0.05, 0.1) is 5.69 Å². The van der Waals surface area contributed by atoms with Crippen LogP contribution in [0.4, 0.5) is 30.5 Å². The zero-order chi connectivity index (χ0) is 21.8. The van der Waals surface area contributed by atoms with Gasteiger partial charge in [-0.3, -0.25) is 4.90 Å². The second kappa shape index (κ2) is 9.38. The number of piperidine rings is 1. The summed E-state index contributed by atoms with van der Waals surface area (Å²) in [4.78, 5) is 6.33. The second-order valence-electron chi connectivity index (χ2n) is 7.83. The number of hydrogen-bond acceptors (Lipinski definition) is 5. The van der Waals surface area contributed by atoms with Gasteiger partial charge in [-0.25, -0.2) is 17.9 Å². The number of rotatable bonds is 7. The van der Waals surface area contributed by atoms with E-state index in [4.69, 9.17) is 0 Å². The monoisotopic (exact) mass is 430 g/mol.